The maximum absolute atomic E-state index is 5.29. The Kier molecular flexibility index (Phi) is 5.76. The van der Waals surface area contributed by atoms with E-state index in [2.05, 4.69) is 48.4 Å². The highest BCUT2D eigenvalue weighted by Gasteiger charge is 2.13. The highest BCUT2D eigenvalue weighted by molar-refractivity contribution is 5.36. The van der Waals surface area contributed by atoms with Crippen molar-refractivity contribution >= 4 is 0 Å². The first-order chi connectivity index (χ1) is 10.2. The minimum absolute atomic E-state index is 0.370. The van der Waals surface area contributed by atoms with E-state index in [0.29, 0.717) is 6.04 Å². The molecule has 2 rings (SSSR count). The molecule has 0 aliphatic carbocycles. The zero-order valence-corrected chi connectivity index (χ0v) is 13.1. The summed E-state index contributed by atoms with van der Waals surface area (Å²) in [5, 5.41) is 3.59. The zero-order valence-electron chi connectivity index (χ0n) is 13.1. The molecule has 0 radical (unpaired) electrons. The molecule has 1 atom stereocenters. The molecular weight excluding hydrogens is 260 g/mol. The topological polar surface area (TPSA) is 34.2 Å². The third-order valence-electron chi connectivity index (χ3n) is 3.77. The molecule has 0 saturated heterocycles. The van der Waals surface area contributed by atoms with Crippen molar-refractivity contribution in [2.45, 2.75) is 32.7 Å². The average Bonchev–Trinajstić information content (AvgIpc) is 2.52. The summed E-state index contributed by atoms with van der Waals surface area (Å²) in [6.07, 6.45) is 5.84. The van der Waals surface area contributed by atoms with Crippen LogP contribution in [0.4, 0.5) is 0 Å². The van der Waals surface area contributed by atoms with Gasteiger partial charge in [0.15, 0.2) is 0 Å². The van der Waals surface area contributed by atoms with Crippen molar-refractivity contribution in [1.29, 1.82) is 0 Å². The maximum atomic E-state index is 5.29. The van der Waals surface area contributed by atoms with Gasteiger partial charge < -0.3 is 10.1 Å². The Hall–Kier alpha value is -1.87. The third-order valence-corrected chi connectivity index (χ3v) is 3.77. The lowest BCUT2D eigenvalue weighted by Crippen LogP contribution is -2.22. The molecule has 1 aromatic carbocycles. The van der Waals surface area contributed by atoms with E-state index in [1.54, 1.807) is 7.11 Å². The minimum atomic E-state index is 0.370. The molecule has 2 aromatic rings. The van der Waals surface area contributed by atoms with Gasteiger partial charge in [-0.3, -0.25) is 4.98 Å². The number of pyridine rings is 1. The quantitative estimate of drug-likeness (QED) is 0.842. The largest absolute Gasteiger partial charge is 0.497 e. The van der Waals surface area contributed by atoms with Crippen LogP contribution in [-0.4, -0.2) is 18.6 Å². The molecule has 3 heteroatoms. The lowest BCUT2D eigenvalue weighted by atomic mass is 9.95. The Morgan fingerprint density at radius 1 is 1.19 bits per heavy atom. The minimum Gasteiger partial charge on any atom is -0.497 e. The van der Waals surface area contributed by atoms with Crippen LogP contribution in [0.2, 0.25) is 0 Å². The molecule has 0 amide bonds. The van der Waals surface area contributed by atoms with E-state index in [4.69, 9.17) is 4.74 Å². The van der Waals surface area contributed by atoms with Crippen LogP contribution in [0.3, 0.4) is 0 Å². The second kappa shape index (κ2) is 7.79. The normalized spacial score (nSPS) is 12.1. The van der Waals surface area contributed by atoms with Crippen molar-refractivity contribution in [2.75, 3.05) is 13.7 Å². The van der Waals surface area contributed by atoms with Gasteiger partial charge in [-0.1, -0.05) is 13.0 Å². The van der Waals surface area contributed by atoms with Gasteiger partial charge in [0.05, 0.1) is 7.11 Å². The molecule has 1 unspecified atom stereocenters. The van der Waals surface area contributed by atoms with E-state index in [1.165, 1.54) is 16.7 Å². The van der Waals surface area contributed by atoms with E-state index >= 15 is 0 Å². The second-order valence-corrected chi connectivity index (χ2v) is 5.23. The number of methoxy groups -OCH3 is 1. The number of aromatic nitrogens is 1. The van der Waals surface area contributed by atoms with Crippen molar-refractivity contribution < 1.29 is 4.74 Å². The van der Waals surface area contributed by atoms with Crippen molar-refractivity contribution in [1.82, 2.24) is 10.3 Å². The number of hydrogen-bond donors (Lipinski definition) is 1. The van der Waals surface area contributed by atoms with Crippen LogP contribution in [0.15, 0.2) is 42.7 Å². The Morgan fingerprint density at radius 3 is 2.57 bits per heavy atom. The molecule has 0 spiro atoms. The van der Waals surface area contributed by atoms with Crippen molar-refractivity contribution in [3.8, 4) is 5.75 Å². The van der Waals surface area contributed by atoms with Gasteiger partial charge in [0.1, 0.15) is 5.75 Å². The van der Waals surface area contributed by atoms with Gasteiger partial charge in [0.2, 0.25) is 0 Å². The molecule has 1 N–H and O–H groups in total. The fourth-order valence-electron chi connectivity index (χ4n) is 2.64. The fraction of sp³-hybridized carbons (Fsp3) is 0.389. The number of ether oxygens (including phenoxy) is 1. The van der Waals surface area contributed by atoms with Gasteiger partial charge in [-0.05, 0) is 67.3 Å². The molecule has 0 aliphatic heterocycles. The lowest BCUT2D eigenvalue weighted by molar-refractivity contribution is 0.413. The van der Waals surface area contributed by atoms with Crippen LogP contribution in [0.1, 0.15) is 36.1 Å². The summed E-state index contributed by atoms with van der Waals surface area (Å²) in [6, 6.07) is 10.9. The predicted octanol–water partition coefficient (Wildman–Crippen LogP) is 3.68. The molecule has 112 valence electrons. The summed E-state index contributed by atoms with van der Waals surface area (Å²) in [5.74, 6) is 0.917. The van der Waals surface area contributed by atoms with Gasteiger partial charge in [-0.15, -0.1) is 0 Å². The molecule has 1 heterocycles. The highest BCUT2D eigenvalue weighted by atomic mass is 16.5. The van der Waals surface area contributed by atoms with E-state index in [9.17, 15) is 0 Å². The summed E-state index contributed by atoms with van der Waals surface area (Å²) in [6.45, 7) is 5.26. The number of nitrogens with zero attached hydrogens (tertiary/aromatic N) is 1. The molecule has 1 aromatic heterocycles. The number of aryl methyl sites for hydroxylation is 2. The van der Waals surface area contributed by atoms with Crippen molar-refractivity contribution in [2.24, 2.45) is 0 Å². The molecule has 0 bridgehead atoms. The van der Waals surface area contributed by atoms with Gasteiger partial charge in [0, 0.05) is 18.4 Å². The molecular formula is C18H24N2O. The Labute approximate surface area is 127 Å². The summed E-state index contributed by atoms with van der Waals surface area (Å²) < 4.78 is 5.29. The summed E-state index contributed by atoms with van der Waals surface area (Å²) in [7, 11) is 1.71. The number of benzene rings is 1. The molecule has 21 heavy (non-hydrogen) atoms. The van der Waals surface area contributed by atoms with Crippen LogP contribution < -0.4 is 10.1 Å². The van der Waals surface area contributed by atoms with Crippen molar-refractivity contribution in [3.63, 3.8) is 0 Å². The van der Waals surface area contributed by atoms with Crippen LogP contribution in [0.5, 0.6) is 5.75 Å². The zero-order chi connectivity index (χ0) is 15.1. The Morgan fingerprint density at radius 2 is 1.95 bits per heavy atom. The summed E-state index contributed by atoms with van der Waals surface area (Å²) in [5.41, 5.74) is 3.96. The molecule has 0 fully saturated rings. The van der Waals surface area contributed by atoms with E-state index in [1.807, 2.05) is 18.5 Å². The smallest absolute Gasteiger partial charge is 0.119 e. The van der Waals surface area contributed by atoms with Gasteiger partial charge in [-0.2, -0.15) is 0 Å². The van der Waals surface area contributed by atoms with Gasteiger partial charge in [-0.25, -0.2) is 0 Å². The van der Waals surface area contributed by atoms with Crippen LogP contribution in [0, 0.1) is 6.92 Å². The predicted molar refractivity (Wildman–Crippen MR) is 86.7 cm³/mol. The number of rotatable bonds is 7. The first-order valence-electron chi connectivity index (χ1n) is 7.51. The van der Waals surface area contributed by atoms with Crippen LogP contribution in [0.25, 0.3) is 0 Å². The first kappa shape index (κ1) is 15.5. The second-order valence-electron chi connectivity index (χ2n) is 5.23. The van der Waals surface area contributed by atoms with Crippen LogP contribution >= 0.6 is 0 Å². The summed E-state index contributed by atoms with van der Waals surface area (Å²) in [4.78, 5) is 4.07. The first-order valence-corrected chi connectivity index (χ1v) is 7.51. The number of nitrogens with one attached hydrogen (secondary N) is 1. The Balaban J connectivity index is 2.11. The van der Waals surface area contributed by atoms with Crippen LogP contribution in [-0.2, 0) is 6.42 Å². The highest BCUT2D eigenvalue weighted by Crippen LogP contribution is 2.25. The van der Waals surface area contributed by atoms with E-state index < -0.39 is 0 Å². The number of hydrogen-bond acceptors (Lipinski definition) is 3. The Bertz CT molecular complexity index is 554. The maximum Gasteiger partial charge on any atom is 0.119 e. The van der Waals surface area contributed by atoms with E-state index in [-0.39, 0.29) is 0 Å². The van der Waals surface area contributed by atoms with E-state index in [0.717, 1.165) is 25.1 Å². The summed E-state index contributed by atoms with van der Waals surface area (Å²) >= 11 is 0. The van der Waals surface area contributed by atoms with Gasteiger partial charge in [0.25, 0.3) is 0 Å². The lowest BCUT2D eigenvalue weighted by Gasteiger charge is -2.21. The average molecular weight is 284 g/mol. The third kappa shape index (κ3) is 4.30. The monoisotopic (exact) mass is 284 g/mol. The fourth-order valence-corrected chi connectivity index (χ4v) is 2.64. The molecule has 0 aliphatic rings. The molecule has 3 nitrogen and oxygen atoms in total. The van der Waals surface area contributed by atoms with Gasteiger partial charge >= 0.3 is 0 Å². The van der Waals surface area contributed by atoms with Crippen molar-refractivity contribution in [3.05, 3.63) is 59.4 Å². The molecule has 0 saturated carbocycles. The SMILES string of the molecule is CCNC(CCc1ccncc1)c1ccc(OC)cc1C. The standard InChI is InChI=1S/C18H24N2O/c1-4-20-18(8-5-15-9-11-19-12-10-15)17-7-6-16(21-3)13-14(17)2/h6-7,9-13,18,20H,4-5,8H2,1-3H3.